The molecule has 2 unspecified atom stereocenters. The summed E-state index contributed by atoms with van der Waals surface area (Å²) in [5, 5.41) is 10.0. The lowest BCUT2D eigenvalue weighted by atomic mass is 9.99. The van der Waals surface area contributed by atoms with Crippen molar-refractivity contribution in [3.63, 3.8) is 0 Å². The summed E-state index contributed by atoms with van der Waals surface area (Å²) in [5.41, 5.74) is 1.76. The van der Waals surface area contributed by atoms with E-state index < -0.39 is 60.4 Å². The fraction of sp³-hybridized carbons (Fsp3) is 0.500. The summed E-state index contributed by atoms with van der Waals surface area (Å²) < 4.78 is 65.2. The molecule has 182 valence electrons. The zero-order valence-corrected chi connectivity index (χ0v) is 18.7. The number of aliphatic hydroxyl groups is 1. The molecule has 0 fully saturated rings. The molecule has 1 aromatic rings. The largest absolute Gasteiger partial charge is 0.490 e. The zero-order chi connectivity index (χ0) is 25.0. The lowest BCUT2D eigenvalue weighted by Crippen LogP contribution is -2.52. The number of alkyl halides is 1. The van der Waals surface area contributed by atoms with Crippen molar-refractivity contribution in [1.82, 2.24) is 9.55 Å². The highest BCUT2D eigenvalue weighted by atomic mass is 31.3. The molecule has 0 aliphatic carbocycles. The van der Waals surface area contributed by atoms with Crippen molar-refractivity contribution in [3.05, 3.63) is 22.7 Å². The number of hydrogen-bond donors (Lipinski definition) is 6. The topological polar surface area (TPSA) is 250 Å². The summed E-state index contributed by atoms with van der Waals surface area (Å²) >= 11 is 0. The van der Waals surface area contributed by atoms with Gasteiger partial charge in [0.1, 0.15) is 24.8 Å². The van der Waals surface area contributed by atoms with Gasteiger partial charge in [-0.2, -0.15) is 13.6 Å². The van der Waals surface area contributed by atoms with Gasteiger partial charge in [-0.15, -0.1) is 6.42 Å². The van der Waals surface area contributed by atoms with Crippen molar-refractivity contribution in [2.75, 3.05) is 19.0 Å². The quantitative estimate of drug-likeness (QED) is 0.147. The molecule has 0 amide bonds. The fourth-order valence-electron chi connectivity index (χ4n) is 2.07. The van der Waals surface area contributed by atoms with E-state index in [2.05, 4.69) is 18.1 Å². The summed E-state index contributed by atoms with van der Waals surface area (Å²) in [7, 11) is -17.2. The van der Waals surface area contributed by atoms with Crippen LogP contribution in [0.5, 0.6) is 0 Å². The van der Waals surface area contributed by atoms with Crippen LogP contribution in [0.2, 0.25) is 0 Å². The van der Waals surface area contributed by atoms with E-state index in [1.165, 1.54) is 13.0 Å². The molecular weight excluding hydrogens is 506 g/mol. The molecule has 1 rings (SSSR count). The molecule has 16 nitrogen and oxygen atoms in total. The van der Waals surface area contributed by atoms with Crippen LogP contribution in [0.4, 0.5) is 10.2 Å². The Morgan fingerprint density at radius 1 is 1.28 bits per heavy atom. The Labute approximate surface area is 179 Å². The van der Waals surface area contributed by atoms with Crippen LogP contribution in [0.25, 0.3) is 0 Å². The summed E-state index contributed by atoms with van der Waals surface area (Å²) in [6, 6.07) is 1.18. The van der Waals surface area contributed by atoms with Gasteiger partial charge >= 0.3 is 29.2 Å². The van der Waals surface area contributed by atoms with Crippen molar-refractivity contribution in [1.29, 1.82) is 0 Å². The first-order chi connectivity index (χ1) is 14.5. The van der Waals surface area contributed by atoms with Crippen LogP contribution in [0.3, 0.4) is 0 Å². The van der Waals surface area contributed by atoms with Crippen molar-refractivity contribution in [2.24, 2.45) is 0 Å². The van der Waals surface area contributed by atoms with Crippen LogP contribution < -0.4 is 11.4 Å². The fourth-order valence-corrected chi connectivity index (χ4v) is 5.14. The first-order valence-electron chi connectivity index (χ1n) is 7.97. The Bertz CT molecular complexity index is 1050. The maximum Gasteiger partial charge on any atom is 0.490 e. The van der Waals surface area contributed by atoms with E-state index in [1.54, 1.807) is 5.92 Å². The van der Waals surface area contributed by atoms with Crippen molar-refractivity contribution < 1.29 is 60.6 Å². The number of nitrogen functional groups attached to an aromatic ring is 1. The van der Waals surface area contributed by atoms with Crippen molar-refractivity contribution in [3.8, 4) is 12.3 Å². The van der Waals surface area contributed by atoms with Gasteiger partial charge in [0.25, 0.3) is 0 Å². The first-order valence-corrected chi connectivity index (χ1v) is 12.5. The highest BCUT2D eigenvalue weighted by Gasteiger charge is 2.46. The lowest BCUT2D eigenvalue weighted by molar-refractivity contribution is -0.184. The highest BCUT2D eigenvalue weighted by molar-refractivity contribution is 7.66. The number of hydrogen-bond acceptors (Lipinski definition) is 11. The van der Waals surface area contributed by atoms with Crippen LogP contribution in [0.15, 0.2) is 17.1 Å². The highest BCUT2D eigenvalue weighted by Crippen LogP contribution is 2.66. The Kier molecular flexibility index (Phi) is 9.47. The van der Waals surface area contributed by atoms with Crippen molar-refractivity contribution in [2.45, 2.75) is 24.9 Å². The third kappa shape index (κ3) is 8.45. The minimum atomic E-state index is -5.85. The van der Waals surface area contributed by atoms with Gasteiger partial charge < -0.3 is 35.2 Å². The van der Waals surface area contributed by atoms with E-state index >= 15 is 0 Å². The first kappa shape index (κ1) is 28.5. The molecule has 0 aliphatic heterocycles. The van der Waals surface area contributed by atoms with Crippen LogP contribution in [0, 0.1) is 12.3 Å². The van der Waals surface area contributed by atoms with Crippen molar-refractivity contribution >= 4 is 29.3 Å². The third-order valence-corrected chi connectivity index (χ3v) is 7.20. The van der Waals surface area contributed by atoms with Gasteiger partial charge in [-0.05, 0) is 13.0 Å². The maximum atomic E-state index is 13.9. The van der Waals surface area contributed by atoms with Crippen LogP contribution in [-0.2, 0) is 31.6 Å². The number of aromatic nitrogens is 2. The van der Waals surface area contributed by atoms with Gasteiger partial charge in [0, 0.05) is 6.20 Å². The Morgan fingerprint density at radius 3 is 2.34 bits per heavy atom. The van der Waals surface area contributed by atoms with Crippen LogP contribution >= 0.6 is 23.5 Å². The molecule has 0 spiro atoms. The Balaban J connectivity index is 3.13. The van der Waals surface area contributed by atoms with E-state index in [-0.39, 0.29) is 5.82 Å². The molecular formula is C12H19FN3O13P3. The molecule has 0 saturated carbocycles. The molecule has 5 atom stereocenters. The number of phosphoric ester groups is 1. The minimum Gasteiger partial charge on any atom is -0.383 e. The van der Waals surface area contributed by atoms with E-state index in [0.29, 0.717) is 0 Å². The Hall–Kier alpha value is -1.50. The van der Waals surface area contributed by atoms with Gasteiger partial charge in [-0.1, -0.05) is 5.92 Å². The summed E-state index contributed by atoms with van der Waals surface area (Å²) in [4.78, 5) is 51.0. The van der Waals surface area contributed by atoms with E-state index in [9.17, 15) is 32.9 Å². The van der Waals surface area contributed by atoms with Gasteiger partial charge in [-0.3, -0.25) is 9.09 Å². The second kappa shape index (κ2) is 10.6. The number of ether oxygens (including phenoxy) is 1. The maximum absolute atomic E-state index is 13.9. The number of phosphoric acid groups is 3. The number of nitrogens with zero attached hydrogens (tertiary/aromatic N) is 2. The number of halogens is 1. The number of anilines is 1. The molecule has 0 bridgehead atoms. The zero-order valence-electron chi connectivity index (χ0n) is 16.0. The second-order valence-electron chi connectivity index (χ2n) is 5.89. The molecule has 32 heavy (non-hydrogen) atoms. The SMILES string of the molecule is C#C[C@H](O)[C@@](CF)(COP(=O)(O)OP(=O)(O)OP(=O)(O)O)O[C@H](C)n1ccc(N)nc1=O. The predicted octanol–water partition coefficient (Wildman–Crippen LogP) is -0.594. The number of nitrogens with two attached hydrogens (primary N) is 1. The molecule has 7 N–H and O–H groups in total. The standard InChI is InChI=1S/C12H19FN3O13P3/c1-3-9(17)12(6-13,27-8(2)16-5-4-10(14)15-11(16)18)7-26-31(22,23)29-32(24,25)28-30(19,20)21/h1,4-5,8-9,17H,6-7H2,2H3,(H,22,23)(H,24,25)(H2,14,15,18)(H2,19,20,21)/t8-,9+,12-/m1/s1. The van der Waals surface area contributed by atoms with E-state index in [1.807, 2.05) is 0 Å². The number of rotatable bonds is 12. The van der Waals surface area contributed by atoms with E-state index in [4.69, 9.17) is 31.6 Å². The second-order valence-corrected chi connectivity index (χ2v) is 10.3. The summed E-state index contributed by atoms with van der Waals surface area (Å²) in [6.45, 7) is -1.92. The lowest BCUT2D eigenvalue weighted by Gasteiger charge is -2.35. The van der Waals surface area contributed by atoms with Crippen LogP contribution in [0.1, 0.15) is 13.2 Å². The molecule has 1 heterocycles. The molecule has 0 saturated heterocycles. The smallest absolute Gasteiger partial charge is 0.383 e. The molecule has 0 aromatic carbocycles. The van der Waals surface area contributed by atoms with E-state index in [0.717, 1.165) is 10.8 Å². The predicted molar refractivity (Wildman–Crippen MR) is 102 cm³/mol. The Morgan fingerprint density at radius 2 is 1.88 bits per heavy atom. The average molecular weight is 525 g/mol. The van der Waals surface area contributed by atoms with Gasteiger partial charge in [0.2, 0.25) is 0 Å². The molecule has 20 heteroatoms. The van der Waals surface area contributed by atoms with Gasteiger partial charge in [0.15, 0.2) is 5.60 Å². The third-order valence-electron chi connectivity index (χ3n) is 3.42. The number of aliphatic hydroxyl groups excluding tert-OH is 1. The monoisotopic (exact) mass is 525 g/mol. The van der Waals surface area contributed by atoms with Gasteiger partial charge in [0.05, 0.1) is 6.61 Å². The molecule has 0 aliphatic rings. The average Bonchev–Trinajstić information content (AvgIpc) is 2.61. The van der Waals surface area contributed by atoms with Crippen LogP contribution in [-0.4, -0.2) is 59.2 Å². The minimum absolute atomic E-state index is 0.147. The molecule has 0 radical (unpaired) electrons. The number of terminal acetylenes is 1. The normalized spacial score (nSPS) is 19.7. The summed E-state index contributed by atoms with van der Waals surface area (Å²) in [5.74, 6) is 1.55. The van der Waals surface area contributed by atoms with Gasteiger partial charge in [-0.25, -0.2) is 22.9 Å². The summed E-state index contributed by atoms with van der Waals surface area (Å²) in [6.07, 6.45) is 2.57. The molecule has 1 aromatic heterocycles.